The number of Topliss-reactive ketones (excluding diaryl/α,β-unsaturated/α-hetero) is 1. The van der Waals surface area contributed by atoms with Gasteiger partial charge in [-0.25, -0.2) is 4.79 Å². The van der Waals surface area contributed by atoms with Crippen molar-refractivity contribution in [1.82, 2.24) is 15.5 Å². The van der Waals surface area contributed by atoms with Crippen molar-refractivity contribution in [2.24, 2.45) is 5.92 Å². The molecule has 1 saturated carbocycles. The Bertz CT molecular complexity index is 830. The van der Waals surface area contributed by atoms with Crippen LogP contribution in [0.2, 0.25) is 0 Å². The number of benzene rings is 1. The third-order valence-electron chi connectivity index (χ3n) is 5.66. The Morgan fingerprint density at radius 2 is 1.92 bits per heavy atom. The van der Waals surface area contributed by atoms with Gasteiger partial charge in [0.2, 0.25) is 5.91 Å². The van der Waals surface area contributed by atoms with Crippen LogP contribution in [0.5, 0.6) is 0 Å². The minimum absolute atomic E-state index is 0.00643. The van der Waals surface area contributed by atoms with Crippen LogP contribution in [0.25, 0.3) is 0 Å². The van der Waals surface area contributed by atoms with Crippen LogP contribution >= 0.6 is 0 Å². The van der Waals surface area contributed by atoms with Crippen LogP contribution in [0.1, 0.15) is 54.1 Å². The fraction of sp³-hybridized carbons (Fsp3) is 0.474. The van der Waals surface area contributed by atoms with E-state index in [2.05, 4.69) is 10.6 Å². The van der Waals surface area contributed by atoms with Crippen molar-refractivity contribution in [2.75, 3.05) is 0 Å². The minimum atomic E-state index is -0.929. The molecule has 7 heteroatoms. The number of amides is 4. The first-order chi connectivity index (χ1) is 12.4. The Morgan fingerprint density at radius 1 is 1.19 bits per heavy atom. The van der Waals surface area contributed by atoms with E-state index in [4.69, 9.17) is 0 Å². The van der Waals surface area contributed by atoms with Gasteiger partial charge in [0.1, 0.15) is 5.54 Å². The molecule has 1 aromatic rings. The summed E-state index contributed by atoms with van der Waals surface area (Å²) in [4.78, 5) is 49.8. The number of imide groups is 1. The highest BCUT2D eigenvalue weighted by atomic mass is 16.2. The Balaban J connectivity index is 1.42. The summed E-state index contributed by atoms with van der Waals surface area (Å²) in [5.74, 6) is -0.226. The zero-order chi connectivity index (χ0) is 18.5. The molecule has 0 aromatic heterocycles. The predicted octanol–water partition coefficient (Wildman–Crippen LogP) is 1.50. The molecular weight excluding hydrogens is 334 g/mol. The van der Waals surface area contributed by atoms with Crippen molar-refractivity contribution in [3.8, 4) is 0 Å². The second-order valence-corrected chi connectivity index (χ2v) is 7.44. The summed E-state index contributed by atoms with van der Waals surface area (Å²) in [5.41, 5.74) is 1.76. The Kier molecular flexibility index (Phi) is 3.82. The Hall–Kier alpha value is -2.70. The van der Waals surface area contributed by atoms with E-state index in [1.54, 1.807) is 11.0 Å². The molecule has 0 spiro atoms. The highest BCUT2D eigenvalue weighted by molar-refractivity contribution is 6.07. The number of hydrogen-bond donors (Lipinski definition) is 2. The van der Waals surface area contributed by atoms with Gasteiger partial charge in [-0.1, -0.05) is 12.1 Å². The fourth-order valence-corrected chi connectivity index (χ4v) is 4.00. The molecule has 7 nitrogen and oxygen atoms in total. The van der Waals surface area contributed by atoms with Gasteiger partial charge in [-0.3, -0.25) is 19.7 Å². The molecule has 4 amide bonds. The monoisotopic (exact) mass is 355 g/mol. The van der Waals surface area contributed by atoms with Crippen LogP contribution < -0.4 is 10.6 Å². The van der Waals surface area contributed by atoms with Gasteiger partial charge >= 0.3 is 6.03 Å². The third kappa shape index (κ3) is 2.77. The van der Waals surface area contributed by atoms with Crippen molar-refractivity contribution in [3.63, 3.8) is 0 Å². The van der Waals surface area contributed by atoms with Crippen LogP contribution in [0.15, 0.2) is 18.2 Å². The third-order valence-corrected chi connectivity index (χ3v) is 5.66. The fourth-order valence-electron chi connectivity index (χ4n) is 4.00. The van der Waals surface area contributed by atoms with Gasteiger partial charge in [0.05, 0.1) is 0 Å². The van der Waals surface area contributed by atoms with E-state index in [0.717, 1.165) is 24.0 Å². The quantitative estimate of drug-likeness (QED) is 0.618. The lowest BCUT2D eigenvalue weighted by molar-refractivity contribution is -0.133. The van der Waals surface area contributed by atoms with Crippen LogP contribution in [0.3, 0.4) is 0 Å². The number of fused-ring (bicyclic) bond motifs is 1. The molecule has 1 atom stereocenters. The van der Waals surface area contributed by atoms with Crippen molar-refractivity contribution >= 4 is 23.6 Å². The second-order valence-electron chi connectivity index (χ2n) is 7.44. The molecule has 1 aromatic carbocycles. The first-order valence-electron chi connectivity index (χ1n) is 8.93. The molecule has 26 heavy (non-hydrogen) atoms. The molecule has 136 valence electrons. The number of ketones is 1. The number of carbonyl (C=O) groups excluding carboxylic acids is 4. The van der Waals surface area contributed by atoms with E-state index in [1.807, 2.05) is 12.1 Å². The predicted molar refractivity (Wildman–Crippen MR) is 92.1 cm³/mol. The molecule has 0 radical (unpaired) electrons. The van der Waals surface area contributed by atoms with Crippen LogP contribution in [-0.2, 0) is 22.7 Å². The molecule has 1 aliphatic carbocycles. The molecule has 2 heterocycles. The molecule has 1 saturated heterocycles. The second kappa shape index (κ2) is 5.93. The SMILES string of the molecule is CC(=O)c1ccc2c(c1)CN(C(=O)CCC1(C3CC3)NC(=O)NC1=O)C2. The maximum absolute atomic E-state index is 12.7. The topological polar surface area (TPSA) is 95.6 Å². The van der Waals surface area contributed by atoms with Crippen molar-refractivity contribution in [3.05, 3.63) is 34.9 Å². The van der Waals surface area contributed by atoms with Crippen molar-refractivity contribution in [2.45, 2.75) is 51.2 Å². The van der Waals surface area contributed by atoms with E-state index in [9.17, 15) is 19.2 Å². The van der Waals surface area contributed by atoms with Crippen LogP contribution in [-0.4, -0.2) is 34.1 Å². The molecule has 4 rings (SSSR count). The zero-order valence-electron chi connectivity index (χ0n) is 14.6. The molecular formula is C19H21N3O4. The summed E-state index contributed by atoms with van der Waals surface area (Å²) in [5, 5.41) is 5.06. The summed E-state index contributed by atoms with van der Waals surface area (Å²) in [6, 6.07) is 5.06. The summed E-state index contributed by atoms with van der Waals surface area (Å²) in [7, 11) is 0. The Labute approximate surface area is 151 Å². The summed E-state index contributed by atoms with van der Waals surface area (Å²) in [6.45, 7) is 2.52. The average Bonchev–Trinajstić information content (AvgIpc) is 3.29. The summed E-state index contributed by atoms with van der Waals surface area (Å²) in [6.07, 6.45) is 2.31. The largest absolute Gasteiger partial charge is 0.334 e. The maximum atomic E-state index is 12.7. The lowest BCUT2D eigenvalue weighted by atomic mass is 9.88. The van der Waals surface area contributed by atoms with Crippen LogP contribution in [0.4, 0.5) is 4.79 Å². The van der Waals surface area contributed by atoms with E-state index in [0.29, 0.717) is 25.1 Å². The smallest absolute Gasteiger partial charge is 0.322 e. The van der Waals surface area contributed by atoms with Crippen molar-refractivity contribution in [1.29, 1.82) is 0 Å². The van der Waals surface area contributed by atoms with E-state index in [1.165, 1.54) is 6.92 Å². The zero-order valence-corrected chi connectivity index (χ0v) is 14.6. The van der Waals surface area contributed by atoms with Crippen LogP contribution in [0, 0.1) is 5.92 Å². The maximum Gasteiger partial charge on any atom is 0.322 e. The van der Waals surface area contributed by atoms with Gasteiger partial charge in [-0.05, 0) is 49.3 Å². The number of hydrogen-bond acceptors (Lipinski definition) is 4. The molecule has 2 N–H and O–H groups in total. The van der Waals surface area contributed by atoms with Gasteiger partial charge in [0, 0.05) is 25.1 Å². The summed E-state index contributed by atoms with van der Waals surface area (Å²) >= 11 is 0. The highest BCUT2D eigenvalue weighted by Crippen LogP contribution is 2.44. The molecule has 3 aliphatic rings. The molecule has 0 bridgehead atoms. The lowest BCUT2D eigenvalue weighted by Crippen LogP contribution is -2.49. The number of urea groups is 1. The first-order valence-corrected chi connectivity index (χ1v) is 8.93. The van der Waals surface area contributed by atoms with Gasteiger partial charge in [0.15, 0.2) is 5.78 Å². The Morgan fingerprint density at radius 3 is 2.54 bits per heavy atom. The molecule has 2 aliphatic heterocycles. The van der Waals surface area contributed by atoms with Gasteiger partial charge in [0.25, 0.3) is 5.91 Å². The molecule has 2 fully saturated rings. The van der Waals surface area contributed by atoms with E-state index >= 15 is 0 Å². The van der Waals surface area contributed by atoms with Gasteiger partial charge < -0.3 is 10.2 Å². The van der Waals surface area contributed by atoms with E-state index in [-0.39, 0.29) is 29.9 Å². The average molecular weight is 355 g/mol. The lowest BCUT2D eigenvalue weighted by Gasteiger charge is -2.26. The number of carbonyl (C=O) groups is 4. The number of rotatable bonds is 5. The number of nitrogens with zero attached hydrogens (tertiary/aromatic N) is 1. The summed E-state index contributed by atoms with van der Waals surface area (Å²) < 4.78 is 0. The van der Waals surface area contributed by atoms with Crippen molar-refractivity contribution < 1.29 is 19.2 Å². The standard InChI is InChI=1S/C19H21N3O4/c1-11(23)12-2-3-13-9-22(10-14(13)8-12)16(24)6-7-19(15-4-5-15)17(25)20-18(26)21-19/h2-3,8,15H,4-7,9-10H2,1H3,(H2,20,21,25,26). The van der Waals surface area contributed by atoms with Gasteiger partial charge in [-0.2, -0.15) is 0 Å². The van der Waals surface area contributed by atoms with Gasteiger partial charge in [-0.15, -0.1) is 0 Å². The normalized spacial score (nSPS) is 24.3. The van der Waals surface area contributed by atoms with E-state index < -0.39 is 11.6 Å². The highest BCUT2D eigenvalue weighted by Gasteiger charge is 2.55. The first kappa shape index (κ1) is 16.8. The minimum Gasteiger partial charge on any atom is -0.334 e. The molecule has 1 unspecified atom stereocenters. The number of nitrogens with one attached hydrogen (secondary N) is 2.